The smallest absolute Gasteiger partial charge is 0.209 e. The summed E-state index contributed by atoms with van der Waals surface area (Å²) in [5.74, 6) is 0. The predicted octanol–water partition coefficient (Wildman–Crippen LogP) is 2.84. The van der Waals surface area contributed by atoms with E-state index in [0.29, 0.717) is 0 Å². The summed E-state index contributed by atoms with van der Waals surface area (Å²) in [6.07, 6.45) is 0. The van der Waals surface area contributed by atoms with Crippen LogP contribution in [-0.2, 0) is 0 Å². The van der Waals surface area contributed by atoms with Crippen LogP contribution in [0, 0.1) is 0 Å². The molecule has 0 nitrogen and oxygen atoms in total. The van der Waals surface area contributed by atoms with E-state index in [-0.39, 0.29) is 5.03 Å². The lowest BCUT2D eigenvalue weighted by atomic mass is 10.7. The van der Waals surface area contributed by atoms with Gasteiger partial charge in [0.1, 0.15) is 0 Å². The van der Waals surface area contributed by atoms with E-state index in [2.05, 4.69) is 0 Å². The van der Waals surface area contributed by atoms with Gasteiger partial charge in [-0.1, -0.05) is 34.8 Å². The highest BCUT2D eigenvalue weighted by molar-refractivity contribution is 6.41. The second-order valence-electron chi connectivity index (χ2n) is 0.795. The summed E-state index contributed by atoms with van der Waals surface area (Å²) in [6.45, 7) is 0. The number of alkyl halides is 2. The number of halogens is 4. The van der Waals surface area contributed by atoms with Gasteiger partial charge in [-0.2, -0.15) is 0 Å². The Morgan fingerprint density at radius 2 is 2.14 bits per heavy atom. The Hall–Kier alpha value is 0.540. The van der Waals surface area contributed by atoms with Crippen LogP contribution in [0.15, 0.2) is 10.6 Å². The normalized spacial score (nSPS) is 16.9. The molecule has 0 N–H and O–H groups in total. The molecule has 1 unspecified atom stereocenters. The lowest BCUT2D eigenvalue weighted by Gasteiger charge is -1.89. The molecule has 4 heteroatoms. The Bertz CT molecular complexity index is 78.2. The van der Waals surface area contributed by atoms with E-state index in [1.807, 2.05) is 0 Å². The van der Waals surface area contributed by atoms with E-state index >= 15 is 0 Å². The van der Waals surface area contributed by atoms with Crippen molar-refractivity contribution in [2.75, 3.05) is 0 Å². The van der Waals surface area contributed by atoms with Gasteiger partial charge in [0, 0.05) is 5.54 Å². The van der Waals surface area contributed by atoms with Crippen molar-refractivity contribution < 1.29 is 4.39 Å². The summed E-state index contributed by atoms with van der Waals surface area (Å²) in [6, 6.07) is 0. The van der Waals surface area contributed by atoms with Crippen LogP contribution in [0.3, 0.4) is 0 Å². The number of rotatable bonds is 1. The molecule has 0 amide bonds. The fraction of sp³-hybridized carbons (Fsp3) is 0.333. The van der Waals surface area contributed by atoms with E-state index in [1.54, 1.807) is 0 Å². The summed E-state index contributed by atoms with van der Waals surface area (Å²) in [5, 5.41) is -0.191. The molecular formula is C3H2Cl3F. The largest absolute Gasteiger partial charge is 0.224 e. The Morgan fingerprint density at radius 1 is 1.71 bits per heavy atom. The molecular weight excluding hydrogens is 161 g/mol. The molecule has 0 saturated carbocycles. The maximum absolute atomic E-state index is 11.6. The molecule has 0 aliphatic rings. The minimum Gasteiger partial charge on any atom is -0.224 e. The van der Waals surface area contributed by atoms with Gasteiger partial charge < -0.3 is 0 Å². The lowest BCUT2D eigenvalue weighted by molar-refractivity contribution is 0.506. The minimum absolute atomic E-state index is 0.191. The molecule has 0 aliphatic carbocycles. The Balaban J connectivity index is 3.56. The first-order chi connectivity index (χ1) is 3.18. The third-order valence-electron chi connectivity index (χ3n) is 0.313. The van der Waals surface area contributed by atoms with Gasteiger partial charge >= 0.3 is 0 Å². The zero-order chi connectivity index (χ0) is 5.86. The minimum atomic E-state index is -1.67. The molecule has 0 saturated heterocycles. The average Bonchev–Trinajstić information content (AvgIpc) is 1.65. The average molecular weight is 163 g/mol. The lowest BCUT2D eigenvalue weighted by Crippen LogP contribution is -1.83. The fourth-order valence-electron chi connectivity index (χ4n) is 0.0476. The van der Waals surface area contributed by atoms with Crippen molar-refractivity contribution in [3.63, 3.8) is 0 Å². The third kappa shape index (κ3) is 3.15. The zero-order valence-corrected chi connectivity index (χ0v) is 5.43. The molecule has 0 radical (unpaired) electrons. The van der Waals surface area contributed by atoms with E-state index in [1.165, 1.54) is 0 Å². The van der Waals surface area contributed by atoms with Crippen molar-refractivity contribution in [1.29, 1.82) is 0 Å². The predicted molar refractivity (Wildman–Crippen MR) is 30.5 cm³/mol. The van der Waals surface area contributed by atoms with Crippen molar-refractivity contribution in [2.24, 2.45) is 0 Å². The van der Waals surface area contributed by atoms with E-state index in [0.717, 1.165) is 5.54 Å². The molecule has 42 valence electrons. The standard InChI is InChI=1S/C3H2Cl3F/c4-1-2(5)3(6)7/h1,3H/b2-1+. The first-order valence-corrected chi connectivity index (χ1v) is 2.67. The Kier molecular flexibility index (Phi) is 3.80. The van der Waals surface area contributed by atoms with Crippen molar-refractivity contribution >= 4 is 34.8 Å². The second kappa shape index (κ2) is 3.53. The maximum atomic E-state index is 11.6. The zero-order valence-electron chi connectivity index (χ0n) is 3.17. The van der Waals surface area contributed by atoms with Crippen LogP contribution in [-0.4, -0.2) is 5.63 Å². The highest BCUT2D eigenvalue weighted by atomic mass is 35.5. The molecule has 0 aromatic rings. The van der Waals surface area contributed by atoms with Gasteiger partial charge in [0.2, 0.25) is 5.63 Å². The maximum Gasteiger partial charge on any atom is 0.209 e. The second-order valence-corrected chi connectivity index (χ2v) is 1.83. The van der Waals surface area contributed by atoms with Gasteiger partial charge in [-0.25, -0.2) is 4.39 Å². The topological polar surface area (TPSA) is 0 Å². The van der Waals surface area contributed by atoms with E-state index in [4.69, 9.17) is 34.8 Å². The van der Waals surface area contributed by atoms with Crippen LogP contribution >= 0.6 is 34.8 Å². The molecule has 7 heavy (non-hydrogen) atoms. The summed E-state index contributed by atoms with van der Waals surface area (Å²) in [5.41, 5.74) is -0.779. The summed E-state index contributed by atoms with van der Waals surface area (Å²) in [7, 11) is 0. The molecule has 0 heterocycles. The van der Waals surface area contributed by atoms with Crippen molar-refractivity contribution in [3.8, 4) is 0 Å². The quantitative estimate of drug-likeness (QED) is 0.522. The monoisotopic (exact) mass is 162 g/mol. The van der Waals surface area contributed by atoms with Gasteiger partial charge in [0.25, 0.3) is 0 Å². The fourth-order valence-corrected chi connectivity index (χ4v) is 0.286. The summed E-state index contributed by atoms with van der Waals surface area (Å²) in [4.78, 5) is 0. The molecule has 0 aromatic carbocycles. The number of allylic oxidation sites excluding steroid dienone is 1. The molecule has 0 spiro atoms. The van der Waals surface area contributed by atoms with Gasteiger partial charge in [-0.15, -0.1) is 0 Å². The number of hydrogen-bond acceptors (Lipinski definition) is 0. The van der Waals surface area contributed by atoms with Gasteiger partial charge in [0.15, 0.2) is 0 Å². The van der Waals surface area contributed by atoms with Crippen molar-refractivity contribution in [1.82, 2.24) is 0 Å². The van der Waals surface area contributed by atoms with Crippen LogP contribution in [0.2, 0.25) is 0 Å². The molecule has 0 rings (SSSR count). The third-order valence-corrected chi connectivity index (χ3v) is 1.31. The number of hydrogen-bond donors (Lipinski definition) is 0. The summed E-state index contributed by atoms with van der Waals surface area (Å²) >= 11 is 14.7. The van der Waals surface area contributed by atoms with Crippen molar-refractivity contribution in [2.45, 2.75) is 5.63 Å². The van der Waals surface area contributed by atoms with E-state index in [9.17, 15) is 4.39 Å². The molecule has 0 bridgehead atoms. The summed E-state index contributed by atoms with van der Waals surface area (Å²) < 4.78 is 11.6. The highest BCUT2D eigenvalue weighted by Crippen LogP contribution is 2.15. The van der Waals surface area contributed by atoms with Crippen LogP contribution in [0.1, 0.15) is 0 Å². The van der Waals surface area contributed by atoms with Crippen LogP contribution in [0.4, 0.5) is 4.39 Å². The molecule has 1 atom stereocenters. The van der Waals surface area contributed by atoms with Gasteiger partial charge in [-0.05, 0) is 0 Å². The Morgan fingerprint density at radius 3 is 2.14 bits per heavy atom. The van der Waals surface area contributed by atoms with Crippen LogP contribution in [0.5, 0.6) is 0 Å². The SMILES string of the molecule is FC(Cl)/C(Cl)=C\Cl. The highest BCUT2D eigenvalue weighted by Gasteiger charge is 2.02. The van der Waals surface area contributed by atoms with Gasteiger partial charge in [-0.3, -0.25) is 0 Å². The van der Waals surface area contributed by atoms with Crippen LogP contribution < -0.4 is 0 Å². The van der Waals surface area contributed by atoms with Crippen molar-refractivity contribution in [3.05, 3.63) is 10.6 Å². The first kappa shape index (κ1) is 7.54. The molecule has 0 fully saturated rings. The first-order valence-electron chi connectivity index (χ1n) is 1.42. The molecule has 0 aliphatic heterocycles. The van der Waals surface area contributed by atoms with Gasteiger partial charge in [0.05, 0.1) is 5.03 Å². The van der Waals surface area contributed by atoms with Crippen LogP contribution in [0.25, 0.3) is 0 Å². The van der Waals surface area contributed by atoms with E-state index < -0.39 is 5.63 Å². The molecule has 0 aromatic heterocycles. The Labute approximate surface area is 55.9 Å².